The molecule has 0 spiro atoms. The highest BCUT2D eigenvalue weighted by atomic mass is 35.5. The third-order valence-electron chi connectivity index (χ3n) is 3.45. The van der Waals surface area contributed by atoms with Gasteiger partial charge >= 0.3 is 0 Å². The average Bonchev–Trinajstić information content (AvgIpc) is 2.84. The molecular formula is C16H13ClFNO. The van der Waals surface area contributed by atoms with Crippen LogP contribution in [0.1, 0.15) is 22.9 Å². The topological polar surface area (TPSA) is 39.2 Å². The predicted molar refractivity (Wildman–Crippen MR) is 78.4 cm³/mol. The van der Waals surface area contributed by atoms with Crippen LogP contribution in [0.2, 0.25) is 5.02 Å². The molecule has 20 heavy (non-hydrogen) atoms. The van der Waals surface area contributed by atoms with Gasteiger partial charge in [-0.1, -0.05) is 23.7 Å². The van der Waals surface area contributed by atoms with E-state index in [1.165, 1.54) is 12.1 Å². The van der Waals surface area contributed by atoms with Gasteiger partial charge in [0.1, 0.15) is 17.2 Å². The van der Waals surface area contributed by atoms with Gasteiger partial charge in [0.05, 0.1) is 6.04 Å². The van der Waals surface area contributed by atoms with E-state index >= 15 is 0 Å². The van der Waals surface area contributed by atoms with Crippen molar-refractivity contribution in [1.82, 2.24) is 0 Å². The van der Waals surface area contributed by atoms with Crippen molar-refractivity contribution in [3.05, 3.63) is 70.2 Å². The molecule has 102 valence electrons. The molecule has 1 heterocycles. The van der Waals surface area contributed by atoms with Crippen molar-refractivity contribution < 1.29 is 8.81 Å². The summed E-state index contributed by atoms with van der Waals surface area (Å²) in [5.41, 5.74) is 8.69. The van der Waals surface area contributed by atoms with Crippen LogP contribution < -0.4 is 5.73 Å². The zero-order valence-electron chi connectivity index (χ0n) is 10.9. The van der Waals surface area contributed by atoms with Crippen molar-refractivity contribution in [2.45, 2.75) is 13.0 Å². The number of hydrogen-bond acceptors (Lipinski definition) is 2. The molecule has 2 nitrogen and oxygen atoms in total. The highest BCUT2D eigenvalue weighted by molar-refractivity contribution is 6.31. The summed E-state index contributed by atoms with van der Waals surface area (Å²) in [6.45, 7) is 1.92. The summed E-state index contributed by atoms with van der Waals surface area (Å²) < 4.78 is 18.9. The van der Waals surface area contributed by atoms with Crippen molar-refractivity contribution in [2.75, 3.05) is 0 Å². The van der Waals surface area contributed by atoms with E-state index in [2.05, 4.69) is 0 Å². The molecule has 2 aromatic carbocycles. The summed E-state index contributed by atoms with van der Waals surface area (Å²) in [5.74, 6) is 0.299. The molecule has 3 rings (SSSR count). The van der Waals surface area contributed by atoms with Gasteiger partial charge in [-0.25, -0.2) is 4.39 Å². The smallest absolute Gasteiger partial charge is 0.134 e. The summed E-state index contributed by atoms with van der Waals surface area (Å²) in [4.78, 5) is 0. The molecule has 0 aliphatic heterocycles. The minimum absolute atomic E-state index is 0.294. The molecule has 1 aromatic heterocycles. The maximum Gasteiger partial charge on any atom is 0.134 e. The molecule has 2 N–H and O–H groups in total. The van der Waals surface area contributed by atoms with Gasteiger partial charge in [-0.15, -0.1) is 0 Å². The van der Waals surface area contributed by atoms with Crippen LogP contribution in [0, 0.1) is 12.7 Å². The SMILES string of the molecule is Cc1c(Cl)cccc1C(N)c1cc2cc(F)ccc2o1. The molecule has 0 fully saturated rings. The molecule has 1 unspecified atom stereocenters. The molecule has 0 saturated heterocycles. The van der Waals surface area contributed by atoms with E-state index in [0.29, 0.717) is 21.8 Å². The first-order valence-corrected chi connectivity index (χ1v) is 6.63. The summed E-state index contributed by atoms with van der Waals surface area (Å²) in [5, 5.41) is 1.37. The predicted octanol–water partition coefficient (Wildman–Crippen LogP) is 4.58. The monoisotopic (exact) mass is 289 g/mol. The number of fused-ring (bicyclic) bond motifs is 1. The lowest BCUT2D eigenvalue weighted by atomic mass is 10.00. The largest absolute Gasteiger partial charge is 0.459 e. The van der Waals surface area contributed by atoms with Crippen molar-refractivity contribution in [3.63, 3.8) is 0 Å². The second-order valence-electron chi connectivity index (χ2n) is 4.76. The molecule has 4 heteroatoms. The maximum atomic E-state index is 13.2. The lowest BCUT2D eigenvalue weighted by Gasteiger charge is -2.13. The number of rotatable bonds is 2. The van der Waals surface area contributed by atoms with Gasteiger partial charge in [-0.2, -0.15) is 0 Å². The Morgan fingerprint density at radius 1 is 1.20 bits per heavy atom. The fraction of sp³-hybridized carbons (Fsp3) is 0.125. The van der Waals surface area contributed by atoms with Gasteiger partial charge in [0.2, 0.25) is 0 Å². The van der Waals surface area contributed by atoms with Crippen LogP contribution in [0.25, 0.3) is 11.0 Å². The van der Waals surface area contributed by atoms with Gasteiger partial charge < -0.3 is 10.2 Å². The Morgan fingerprint density at radius 2 is 2.00 bits per heavy atom. The molecule has 0 aliphatic carbocycles. The van der Waals surface area contributed by atoms with Crippen molar-refractivity contribution >= 4 is 22.6 Å². The third-order valence-corrected chi connectivity index (χ3v) is 3.86. The van der Waals surface area contributed by atoms with Crippen LogP contribution in [0.3, 0.4) is 0 Å². The van der Waals surface area contributed by atoms with Crippen LogP contribution in [0.4, 0.5) is 4.39 Å². The maximum absolute atomic E-state index is 13.2. The fourth-order valence-corrected chi connectivity index (χ4v) is 2.48. The van der Waals surface area contributed by atoms with Gasteiger partial charge in [0.25, 0.3) is 0 Å². The van der Waals surface area contributed by atoms with E-state index in [0.717, 1.165) is 11.1 Å². The quantitative estimate of drug-likeness (QED) is 0.750. The number of nitrogens with two attached hydrogens (primary N) is 1. The Morgan fingerprint density at radius 3 is 2.80 bits per heavy atom. The van der Waals surface area contributed by atoms with Crippen LogP contribution in [-0.4, -0.2) is 0 Å². The van der Waals surface area contributed by atoms with Gasteiger partial charge in [-0.3, -0.25) is 0 Å². The standard InChI is InChI=1S/C16H13ClFNO/c1-9-12(3-2-4-13(9)17)16(19)15-8-10-7-11(18)5-6-14(10)20-15/h2-8,16H,19H2,1H3. The molecule has 0 saturated carbocycles. The average molecular weight is 290 g/mol. The van der Waals surface area contributed by atoms with E-state index in [9.17, 15) is 4.39 Å². The van der Waals surface area contributed by atoms with Gasteiger partial charge in [0, 0.05) is 10.4 Å². The second-order valence-corrected chi connectivity index (χ2v) is 5.17. The zero-order chi connectivity index (χ0) is 14.3. The van der Waals surface area contributed by atoms with Crippen LogP contribution >= 0.6 is 11.6 Å². The zero-order valence-corrected chi connectivity index (χ0v) is 11.6. The van der Waals surface area contributed by atoms with Crippen LogP contribution in [-0.2, 0) is 0 Å². The third kappa shape index (κ3) is 2.19. The minimum Gasteiger partial charge on any atom is -0.459 e. The van der Waals surface area contributed by atoms with E-state index in [1.807, 2.05) is 25.1 Å². The van der Waals surface area contributed by atoms with E-state index in [1.54, 1.807) is 12.1 Å². The first-order chi connectivity index (χ1) is 9.56. The molecule has 1 atom stereocenters. The van der Waals surface area contributed by atoms with Gasteiger partial charge in [-0.05, 0) is 48.4 Å². The van der Waals surface area contributed by atoms with E-state index < -0.39 is 6.04 Å². The first-order valence-electron chi connectivity index (χ1n) is 6.26. The summed E-state index contributed by atoms with van der Waals surface area (Å²) >= 11 is 6.11. The van der Waals surface area contributed by atoms with Gasteiger partial charge in [0.15, 0.2) is 0 Å². The molecular weight excluding hydrogens is 277 g/mol. The molecule has 3 aromatic rings. The van der Waals surface area contributed by atoms with Crippen LogP contribution in [0.5, 0.6) is 0 Å². The summed E-state index contributed by atoms with van der Waals surface area (Å²) in [7, 11) is 0. The summed E-state index contributed by atoms with van der Waals surface area (Å²) in [6, 6.07) is 11.3. The normalized spacial score (nSPS) is 12.8. The Labute approximate surface area is 121 Å². The Balaban J connectivity index is 2.08. The molecule has 0 bridgehead atoms. The lowest BCUT2D eigenvalue weighted by molar-refractivity contribution is 0.524. The highest BCUT2D eigenvalue weighted by Gasteiger charge is 2.17. The number of benzene rings is 2. The second kappa shape index (κ2) is 4.93. The molecule has 0 amide bonds. The Kier molecular flexibility index (Phi) is 3.24. The Hall–Kier alpha value is -1.84. The minimum atomic E-state index is -0.427. The van der Waals surface area contributed by atoms with E-state index in [-0.39, 0.29) is 5.82 Å². The van der Waals surface area contributed by atoms with Crippen LogP contribution in [0.15, 0.2) is 46.9 Å². The fourth-order valence-electron chi connectivity index (χ4n) is 2.30. The van der Waals surface area contributed by atoms with E-state index in [4.69, 9.17) is 21.8 Å². The molecule has 0 aliphatic rings. The summed E-state index contributed by atoms with van der Waals surface area (Å²) in [6.07, 6.45) is 0. The number of halogens is 2. The Bertz CT molecular complexity index is 781. The number of hydrogen-bond donors (Lipinski definition) is 1. The molecule has 0 radical (unpaired) electrons. The van der Waals surface area contributed by atoms with Crippen molar-refractivity contribution in [3.8, 4) is 0 Å². The highest BCUT2D eigenvalue weighted by Crippen LogP contribution is 2.30. The number of furan rings is 1. The van der Waals surface area contributed by atoms with Crippen molar-refractivity contribution in [1.29, 1.82) is 0 Å². The lowest BCUT2D eigenvalue weighted by Crippen LogP contribution is -2.12. The first kappa shape index (κ1) is 13.2. The van der Waals surface area contributed by atoms with Crippen molar-refractivity contribution in [2.24, 2.45) is 5.73 Å².